The Hall–Kier alpha value is -1.28. The van der Waals surface area contributed by atoms with Gasteiger partial charge in [-0.25, -0.2) is 4.98 Å². The summed E-state index contributed by atoms with van der Waals surface area (Å²) in [7, 11) is 0. The fraction of sp³-hybridized carbons (Fsp3) is 0. The van der Waals surface area contributed by atoms with E-state index < -0.39 is 0 Å². The van der Waals surface area contributed by atoms with Crippen LogP contribution in [0.1, 0.15) is 0 Å². The van der Waals surface area contributed by atoms with Gasteiger partial charge in [0.1, 0.15) is 5.15 Å². The summed E-state index contributed by atoms with van der Waals surface area (Å²) in [5.74, 6) is 0. The normalized spacial score (nSPS) is 10.9. The van der Waals surface area contributed by atoms with Gasteiger partial charge in [0.25, 0.3) is 0 Å². The van der Waals surface area contributed by atoms with Crippen LogP contribution in [0.2, 0.25) is 15.2 Å². The zero-order valence-corrected chi connectivity index (χ0v) is 12.0. The Bertz CT molecular complexity index is 768. The predicted octanol–water partition coefficient (Wildman–Crippen LogP) is 5.86. The van der Waals surface area contributed by atoms with Gasteiger partial charge >= 0.3 is 0 Å². The lowest BCUT2D eigenvalue weighted by atomic mass is 10.0. The fourth-order valence-corrected chi connectivity index (χ4v) is 2.68. The molecule has 3 aromatic rings. The summed E-state index contributed by atoms with van der Waals surface area (Å²) in [6.07, 6.45) is 0. The van der Waals surface area contributed by atoms with Gasteiger partial charge in [-0.1, -0.05) is 53.0 Å². The molecule has 0 spiro atoms. The van der Waals surface area contributed by atoms with Crippen LogP contribution in [-0.2, 0) is 0 Å². The zero-order valence-electron chi connectivity index (χ0n) is 9.70. The number of rotatable bonds is 1. The van der Waals surface area contributed by atoms with Crippen molar-refractivity contribution in [1.82, 2.24) is 4.98 Å². The molecule has 0 bridgehead atoms. The fourth-order valence-electron chi connectivity index (χ4n) is 2.07. The van der Waals surface area contributed by atoms with Crippen molar-refractivity contribution < 1.29 is 0 Å². The molecule has 0 saturated heterocycles. The minimum Gasteiger partial charge on any atom is -0.236 e. The van der Waals surface area contributed by atoms with Gasteiger partial charge in [0.05, 0.1) is 5.52 Å². The quantitative estimate of drug-likeness (QED) is 0.513. The largest absolute Gasteiger partial charge is 0.236 e. The lowest BCUT2D eigenvalue weighted by molar-refractivity contribution is 1.41. The average Bonchev–Trinajstić information content (AvgIpc) is 2.39. The van der Waals surface area contributed by atoms with E-state index in [1.54, 1.807) is 12.1 Å². The molecule has 94 valence electrons. The van der Waals surface area contributed by atoms with Crippen molar-refractivity contribution in [2.24, 2.45) is 0 Å². The van der Waals surface area contributed by atoms with Gasteiger partial charge in [0.2, 0.25) is 0 Å². The first-order chi connectivity index (χ1) is 9.15. The highest BCUT2D eigenvalue weighted by Crippen LogP contribution is 2.35. The van der Waals surface area contributed by atoms with Gasteiger partial charge in [-0.05, 0) is 35.9 Å². The van der Waals surface area contributed by atoms with Crippen molar-refractivity contribution in [2.75, 3.05) is 0 Å². The van der Waals surface area contributed by atoms with E-state index >= 15 is 0 Å². The summed E-state index contributed by atoms with van der Waals surface area (Å²) in [6, 6.07) is 15.0. The number of pyridine rings is 1. The highest BCUT2D eigenvalue weighted by molar-refractivity contribution is 6.35. The zero-order chi connectivity index (χ0) is 13.4. The van der Waals surface area contributed by atoms with Crippen molar-refractivity contribution >= 4 is 45.7 Å². The Morgan fingerprint density at radius 1 is 0.789 bits per heavy atom. The van der Waals surface area contributed by atoms with Crippen LogP contribution in [0, 0.1) is 0 Å². The topological polar surface area (TPSA) is 12.9 Å². The van der Waals surface area contributed by atoms with Crippen LogP contribution in [0.4, 0.5) is 0 Å². The maximum Gasteiger partial charge on any atom is 0.130 e. The molecule has 0 saturated carbocycles. The molecule has 3 rings (SSSR count). The third-order valence-electron chi connectivity index (χ3n) is 2.90. The maximum atomic E-state index is 6.25. The molecule has 0 fully saturated rings. The first-order valence-corrected chi connectivity index (χ1v) is 6.79. The molecule has 19 heavy (non-hydrogen) atoms. The molecule has 0 atom stereocenters. The summed E-state index contributed by atoms with van der Waals surface area (Å²) >= 11 is 18.4. The standard InChI is InChI=1S/C15H8Cl3N/c16-9-5-6-14-12(7-9)11(8-15(18)19-14)10-3-1-2-4-13(10)17/h1-8H. The first-order valence-electron chi connectivity index (χ1n) is 5.66. The number of halogens is 3. The highest BCUT2D eigenvalue weighted by Gasteiger charge is 2.10. The molecule has 1 heterocycles. The Morgan fingerprint density at radius 2 is 1.58 bits per heavy atom. The van der Waals surface area contributed by atoms with E-state index in [4.69, 9.17) is 34.8 Å². The van der Waals surface area contributed by atoms with E-state index in [2.05, 4.69) is 4.98 Å². The predicted molar refractivity (Wildman–Crippen MR) is 82.2 cm³/mol. The molecule has 2 aromatic carbocycles. The van der Waals surface area contributed by atoms with Crippen LogP contribution < -0.4 is 0 Å². The third-order valence-corrected chi connectivity index (χ3v) is 3.66. The molecule has 0 unspecified atom stereocenters. The van der Waals surface area contributed by atoms with Crippen LogP contribution in [-0.4, -0.2) is 4.98 Å². The van der Waals surface area contributed by atoms with Crippen LogP contribution in [0.5, 0.6) is 0 Å². The molecular weight excluding hydrogens is 301 g/mol. The maximum absolute atomic E-state index is 6.25. The molecule has 0 aliphatic rings. The molecule has 4 heteroatoms. The molecular formula is C15H8Cl3N. The number of nitrogens with zero attached hydrogens (tertiary/aromatic N) is 1. The summed E-state index contributed by atoms with van der Waals surface area (Å²) in [6.45, 7) is 0. The SMILES string of the molecule is Clc1ccc2nc(Cl)cc(-c3ccccc3Cl)c2c1. The lowest BCUT2D eigenvalue weighted by Gasteiger charge is -2.09. The van der Waals surface area contributed by atoms with Gasteiger partial charge in [-0.2, -0.15) is 0 Å². The molecule has 0 radical (unpaired) electrons. The van der Waals surface area contributed by atoms with Crippen LogP contribution >= 0.6 is 34.8 Å². The summed E-state index contributed by atoms with van der Waals surface area (Å²) in [5.41, 5.74) is 2.65. The van der Waals surface area contributed by atoms with Crippen LogP contribution in [0.3, 0.4) is 0 Å². The number of hydrogen-bond donors (Lipinski definition) is 0. The Labute approximate surface area is 125 Å². The number of hydrogen-bond acceptors (Lipinski definition) is 1. The van der Waals surface area contributed by atoms with Crippen LogP contribution in [0.15, 0.2) is 48.5 Å². The highest BCUT2D eigenvalue weighted by atomic mass is 35.5. The van der Waals surface area contributed by atoms with Gasteiger partial charge in [-0.15, -0.1) is 0 Å². The number of benzene rings is 2. The minimum atomic E-state index is 0.435. The van der Waals surface area contributed by atoms with Crippen molar-refractivity contribution in [2.45, 2.75) is 0 Å². The van der Waals surface area contributed by atoms with Crippen molar-refractivity contribution in [1.29, 1.82) is 0 Å². The Kier molecular flexibility index (Phi) is 3.36. The van der Waals surface area contributed by atoms with Crippen molar-refractivity contribution in [3.63, 3.8) is 0 Å². The first kappa shape index (κ1) is 12.7. The minimum absolute atomic E-state index is 0.435. The van der Waals surface area contributed by atoms with E-state index in [-0.39, 0.29) is 0 Å². The van der Waals surface area contributed by atoms with Gasteiger partial charge in [-0.3, -0.25) is 0 Å². The van der Waals surface area contributed by atoms with Gasteiger partial charge in [0, 0.05) is 21.0 Å². The lowest BCUT2D eigenvalue weighted by Crippen LogP contribution is -1.87. The molecule has 1 nitrogen and oxygen atoms in total. The molecule has 0 N–H and O–H groups in total. The Morgan fingerprint density at radius 3 is 2.37 bits per heavy atom. The molecule has 0 amide bonds. The second-order valence-electron chi connectivity index (χ2n) is 4.13. The monoisotopic (exact) mass is 307 g/mol. The summed E-state index contributed by atoms with van der Waals surface area (Å²) in [5, 5.41) is 2.70. The molecule has 0 aliphatic heterocycles. The Balaban J connectivity index is 2.40. The second kappa shape index (κ2) is 5.01. The van der Waals surface area contributed by atoms with Crippen molar-refractivity contribution in [3.8, 4) is 11.1 Å². The van der Waals surface area contributed by atoms with Gasteiger partial charge in [0.15, 0.2) is 0 Å². The van der Waals surface area contributed by atoms with E-state index in [9.17, 15) is 0 Å². The molecule has 1 aromatic heterocycles. The van der Waals surface area contributed by atoms with Gasteiger partial charge < -0.3 is 0 Å². The van der Waals surface area contributed by atoms with Crippen LogP contribution in [0.25, 0.3) is 22.0 Å². The number of fused-ring (bicyclic) bond motifs is 1. The average molecular weight is 309 g/mol. The van der Waals surface area contributed by atoms with E-state index in [1.165, 1.54) is 0 Å². The number of aromatic nitrogens is 1. The summed E-state index contributed by atoms with van der Waals surface area (Å²) < 4.78 is 0. The smallest absolute Gasteiger partial charge is 0.130 e. The molecule has 0 aliphatic carbocycles. The summed E-state index contributed by atoms with van der Waals surface area (Å²) in [4.78, 5) is 4.30. The van der Waals surface area contributed by atoms with E-state index in [1.807, 2.05) is 36.4 Å². The third kappa shape index (κ3) is 2.42. The second-order valence-corrected chi connectivity index (χ2v) is 5.36. The van der Waals surface area contributed by atoms with Crippen molar-refractivity contribution in [3.05, 3.63) is 63.7 Å². The van der Waals surface area contributed by atoms with E-state index in [0.717, 1.165) is 22.0 Å². The van der Waals surface area contributed by atoms with E-state index in [0.29, 0.717) is 15.2 Å².